The fourth-order valence-electron chi connectivity index (χ4n) is 1.42. The summed E-state index contributed by atoms with van der Waals surface area (Å²) in [5, 5.41) is 41.9. The third-order valence-corrected chi connectivity index (χ3v) is 2.45. The van der Waals surface area contributed by atoms with Gasteiger partial charge in [-0.15, -0.1) is 0 Å². The van der Waals surface area contributed by atoms with Crippen LogP contribution in [0.25, 0.3) is 0 Å². The van der Waals surface area contributed by atoms with Crippen LogP contribution in [0, 0.1) is 0 Å². The van der Waals surface area contributed by atoms with Crippen LogP contribution in [0.3, 0.4) is 0 Å². The van der Waals surface area contributed by atoms with E-state index < -0.39 is 23.4 Å². The maximum Gasteiger partial charge on any atom is 2.00 e. The quantitative estimate of drug-likeness (QED) is 0.289. The second-order valence-corrected chi connectivity index (χ2v) is 4.09. The van der Waals surface area contributed by atoms with Crippen LogP contribution in [-0.2, 0) is 0 Å². The number of aromatic carboxylic acids is 2. The van der Waals surface area contributed by atoms with Crippen molar-refractivity contribution in [2.75, 3.05) is 11.5 Å². The molecule has 2 aromatic rings. The van der Waals surface area contributed by atoms with Gasteiger partial charge in [0.2, 0.25) is 0 Å². The molecule has 15 nitrogen and oxygen atoms in total. The molecule has 0 radical (unpaired) electrons. The van der Waals surface area contributed by atoms with Gasteiger partial charge >= 0.3 is 75.5 Å². The predicted octanol–water partition coefficient (Wildman–Crippen LogP) is -9.12. The van der Waals surface area contributed by atoms with E-state index in [0.29, 0.717) is 0 Å². The number of nitrogen functional groups attached to an aromatic ring is 2. The van der Waals surface area contributed by atoms with E-state index >= 15 is 0 Å². The van der Waals surface area contributed by atoms with E-state index in [9.17, 15) is 30.0 Å². The Morgan fingerprint density at radius 2 is 0.806 bits per heavy atom. The molecule has 2 aromatic carbocycles. The zero-order chi connectivity index (χ0) is 16.9. The summed E-state index contributed by atoms with van der Waals surface area (Å²) < 4.78 is 0. The minimum absolute atomic E-state index is 0. The van der Waals surface area contributed by atoms with Crippen molar-refractivity contribution in [3.63, 3.8) is 0 Å². The first-order valence-corrected chi connectivity index (χ1v) is 5.78. The second kappa shape index (κ2) is 26.9. The molecule has 18 N–H and O–H groups in total. The number of carbonyl (C=O) groups excluding carboxylic acids is 2. The van der Waals surface area contributed by atoms with E-state index in [4.69, 9.17) is 11.5 Å². The number of carboxylic acid groups (broad SMARTS) is 2. The molecular formula is C14H24Ca2N2O13. The van der Waals surface area contributed by atoms with Gasteiger partial charge in [0, 0.05) is 11.4 Å². The topological polar surface area (TPSA) is 399 Å². The minimum atomic E-state index is -1.48. The van der Waals surface area contributed by atoms with Crippen LogP contribution in [0.5, 0.6) is 11.5 Å². The smallest absolute Gasteiger partial charge is 0.872 e. The van der Waals surface area contributed by atoms with Crippen LogP contribution in [0.1, 0.15) is 20.7 Å². The summed E-state index contributed by atoms with van der Waals surface area (Å²) in [5.41, 5.74) is 10.2. The van der Waals surface area contributed by atoms with Gasteiger partial charge in [-0.1, -0.05) is 23.6 Å². The maximum absolute atomic E-state index is 10.8. The zero-order valence-electron chi connectivity index (χ0n) is 16.0. The Balaban J connectivity index is -0.0000000346. The molecule has 0 aliphatic rings. The number of carboxylic acids is 2. The van der Waals surface area contributed by atoms with Gasteiger partial charge in [0.1, 0.15) is 0 Å². The number of carbonyl (C=O) groups is 2. The molecule has 0 aromatic heterocycles. The summed E-state index contributed by atoms with van der Waals surface area (Å²) in [4.78, 5) is 20.4. The van der Waals surface area contributed by atoms with Gasteiger partial charge in [-0.25, -0.2) is 0 Å². The van der Waals surface area contributed by atoms with E-state index in [2.05, 4.69) is 0 Å². The summed E-state index contributed by atoms with van der Waals surface area (Å²) in [6.07, 6.45) is 0. The Morgan fingerprint density at radius 3 is 0.968 bits per heavy atom. The molecule has 0 saturated carbocycles. The normalized spacial score (nSPS) is 6.71. The van der Waals surface area contributed by atoms with E-state index in [1.165, 1.54) is 12.1 Å². The van der Waals surface area contributed by atoms with Crippen molar-refractivity contribution in [2.45, 2.75) is 0 Å². The monoisotopic (exact) mass is 508 g/mol. The van der Waals surface area contributed by atoms with Crippen molar-refractivity contribution in [3.05, 3.63) is 47.5 Å². The largest absolute Gasteiger partial charge is 2.00 e. The van der Waals surface area contributed by atoms with Crippen LogP contribution < -0.4 is 31.9 Å². The summed E-state index contributed by atoms with van der Waals surface area (Å²) in [6.45, 7) is 0. The number of nitrogens with two attached hydrogens (primary N) is 2. The number of hydrogen-bond acceptors (Lipinski definition) is 8. The minimum Gasteiger partial charge on any atom is -0.872 e. The summed E-state index contributed by atoms with van der Waals surface area (Å²) in [6, 6.07) is 7.04. The second-order valence-electron chi connectivity index (χ2n) is 4.09. The van der Waals surface area contributed by atoms with E-state index in [0.717, 1.165) is 24.3 Å². The van der Waals surface area contributed by atoms with Gasteiger partial charge in [0.05, 0.1) is 11.9 Å². The first kappa shape index (κ1) is 57.1. The van der Waals surface area contributed by atoms with Gasteiger partial charge in [-0.3, -0.25) is 0 Å². The van der Waals surface area contributed by atoms with E-state index in [1.54, 1.807) is 0 Å². The van der Waals surface area contributed by atoms with Crippen LogP contribution in [0.15, 0.2) is 36.4 Å². The summed E-state index contributed by atoms with van der Waals surface area (Å²) >= 11 is 0. The van der Waals surface area contributed by atoms with Gasteiger partial charge < -0.3 is 79.8 Å². The van der Waals surface area contributed by atoms with Crippen molar-refractivity contribution in [1.82, 2.24) is 0 Å². The molecule has 0 bridgehead atoms. The Hall–Kier alpha value is -1.18. The molecule has 0 unspecified atom stereocenters. The van der Waals surface area contributed by atoms with Crippen LogP contribution in [0.4, 0.5) is 11.4 Å². The average Bonchev–Trinajstić information content (AvgIpc) is 2.38. The molecule has 0 heterocycles. The van der Waals surface area contributed by atoms with Crippen molar-refractivity contribution in [3.8, 4) is 11.5 Å². The Kier molecular flexibility index (Phi) is 49.5. The predicted molar refractivity (Wildman–Crippen MR) is 106 cm³/mol. The molecule has 0 aliphatic carbocycles. The first-order chi connectivity index (χ1) is 10.2. The Morgan fingerprint density at radius 1 is 0.581 bits per heavy atom. The van der Waals surface area contributed by atoms with Crippen molar-refractivity contribution in [1.29, 1.82) is 0 Å². The molecule has 0 atom stereocenters. The Bertz CT molecular complexity index is 674. The molecule has 31 heavy (non-hydrogen) atoms. The SMILES string of the molecule is Nc1ccc(C(=O)[O-])c([O-])c1.Nc1ccc(C(=O)[O-])c([O-])c1.O.O.O.O.O.O.O.[Ca+2].[Ca+2]. The number of benzene rings is 2. The van der Waals surface area contributed by atoms with Crippen molar-refractivity contribution < 1.29 is 68.3 Å². The average molecular weight is 509 g/mol. The van der Waals surface area contributed by atoms with Crippen LogP contribution in [0.2, 0.25) is 0 Å². The number of rotatable bonds is 2. The van der Waals surface area contributed by atoms with Gasteiger partial charge in [0.25, 0.3) is 0 Å². The molecule has 0 amide bonds. The fraction of sp³-hybridized carbons (Fsp3) is 0. The summed E-state index contributed by atoms with van der Waals surface area (Å²) in [7, 11) is 0. The number of anilines is 2. The van der Waals surface area contributed by atoms with Gasteiger partial charge in [-0.05, 0) is 35.4 Å². The molecule has 0 saturated heterocycles. The number of hydrogen-bond donors (Lipinski definition) is 2. The molecule has 0 spiro atoms. The fourth-order valence-corrected chi connectivity index (χ4v) is 1.42. The molecule has 0 fully saturated rings. The standard InChI is InChI=1S/2C7H7NO3.2Ca.7H2O/c2*8-4-1-2-5(7(10)11)6(9)3-4;;;;;;;;;/h2*1-3,9H,8H2,(H,10,11);;;7*1H2/q;;2*+2;;;;;;;/p-4. The molecule has 0 aliphatic heterocycles. The third-order valence-electron chi connectivity index (χ3n) is 2.45. The molecule has 2 rings (SSSR count). The van der Waals surface area contributed by atoms with Gasteiger partial charge in [-0.2, -0.15) is 0 Å². The third kappa shape index (κ3) is 19.2. The van der Waals surface area contributed by atoms with Gasteiger partial charge in [0.15, 0.2) is 0 Å². The molecular weight excluding hydrogens is 484 g/mol. The Labute approximate surface area is 235 Å². The first-order valence-electron chi connectivity index (χ1n) is 5.78. The molecule has 17 heteroatoms. The van der Waals surface area contributed by atoms with E-state index in [-0.39, 0.29) is 136 Å². The van der Waals surface area contributed by atoms with E-state index in [1.807, 2.05) is 0 Å². The summed E-state index contributed by atoms with van der Waals surface area (Å²) in [5.74, 6) is -4.19. The molecule has 172 valence electrons. The van der Waals surface area contributed by atoms with Crippen LogP contribution >= 0.6 is 0 Å². The van der Waals surface area contributed by atoms with Crippen LogP contribution in [-0.4, -0.2) is 126 Å². The van der Waals surface area contributed by atoms with Crippen molar-refractivity contribution in [2.24, 2.45) is 0 Å². The zero-order valence-corrected chi connectivity index (χ0v) is 20.4. The van der Waals surface area contributed by atoms with Crippen molar-refractivity contribution >= 4 is 98.8 Å². The maximum atomic E-state index is 10.8.